The minimum absolute atomic E-state index is 0.141. The van der Waals surface area contributed by atoms with Crippen LogP contribution in [0.5, 0.6) is 5.75 Å². The van der Waals surface area contributed by atoms with Gasteiger partial charge >= 0.3 is 0 Å². The normalized spacial score (nSPS) is 29.6. The summed E-state index contributed by atoms with van der Waals surface area (Å²) >= 11 is 0. The maximum absolute atomic E-state index is 12.3. The molecule has 0 amide bonds. The first-order valence-electron chi connectivity index (χ1n) is 6.32. The number of hydrogen-bond acceptors (Lipinski definition) is 5. The Kier molecular flexibility index (Phi) is 3.24. The van der Waals surface area contributed by atoms with Gasteiger partial charge in [0.15, 0.2) is 9.84 Å². The van der Waals surface area contributed by atoms with Crippen molar-refractivity contribution in [1.82, 2.24) is 0 Å². The van der Waals surface area contributed by atoms with Gasteiger partial charge in [-0.3, -0.25) is 0 Å². The highest BCUT2D eigenvalue weighted by Crippen LogP contribution is 2.32. The highest BCUT2D eigenvalue weighted by atomic mass is 32.2. The zero-order chi connectivity index (χ0) is 13.5. The molecule has 1 unspecified atom stereocenters. The number of aliphatic hydroxyl groups is 1. The summed E-state index contributed by atoms with van der Waals surface area (Å²) in [6.45, 7) is 1.16. The third-order valence-corrected chi connectivity index (χ3v) is 5.65. The molecule has 3 rings (SSSR count). The summed E-state index contributed by atoms with van der Waals surface area (Å²) in [5, 5.41) is 8.76. The van der Waals surface area contributed by atoms with Gasteiger partial charge in [-0.2, -0.15) is 0 Å². The lowest BCUT2D eigenvalue weighted by atomic mass is 9.96. The first-order chi connectivity index (χ1) is 9.05. The van der Waals surface area contributed by atoms with Crippen molar-refractivity contribution in [2.24, 2.45) is 0 Å². The van der Waals surface area contributed by atoms with Gasteiger partial charge in [0.25, 0.3) is 0 Å². The van der Waals surface area contributed by atoms with Crippen LogP contribution in [-0.2, 0) is 14.6 Å². The molecule has 1 N–H and O–H groups in total. The van der Waals surface area contributed by atoms with Crippen molar-refractivity contribution in [3.63, 3.8) is 0 Å². The molecule has 6 heteroatoms. The second-order valence-corrected chi connectivity index (χ2v) is 7.26. The fourth-order valence-electron chi connectivity index (χ4n) is 2.08. The molecule has 1 aromatic carbocycles. The third-order valence-electron chi connectivity index (χ3n) is 3.48. The summed E-state index contributed by atoms with van der Waals surface area (Å²) in [5.41, 5.74) is 0. The number of sulfone groups is 1. The Morgan fingerprint density at radius 1 is 1.37 bits per heavy atom. The van der Waals surface area contributed by atoms with E-state index in [1.807, 2.05) is 0 Å². The Morgan fingerprint density at radius 3 is 2.74 bits per heavy atom. The van der Waals surface area contributed by atoms with Crippen molar-refractivity contribution >= 4 is 9.84 Å². The molecule has 1 atom stereocenters. The van der Waals surface area contributed by atoms with E-state index in [0.717, 1.165) is 0 Å². The lowest BCUT2D eigenvalue weighted by Crippen LogP contribution is -2.39. The average molecular weight is 284 g/mol. The number of epoxide rings is 1. The van der Waals surface area contributed by atoms with Crippen LogP contribution >= 0.6 is 0 Å². The van der Waals surface area contributed by atoms with Crippen LogP contribution in [-0.4, -0.2) is 44.2 Å². The van der Waals surface area contributed by atoms with Gasteiger partial charge in [0.05, 0.1) is 22.9 Å². The SMILES string of the molecule is O=S(=O)(c1cccc(OCC2CO2)c1)C1CC(O)C1. The standard InChI is InChI=1S/C13H16O5S/c14-9-4-13(5-9)19(15,16)12-3-1-2-10(6-12)17-7-11-8-18-11/h1-3,6,9,11,13-14H,4-5,7-8H2. The van der Waals surface area contributed by atoms with Crippen LogP contribution < -0.4 is 4.74 Å². The number of rotatable bonds is 5. The van der Waals surface area contributed by atoms with Gasteiger partial charge in [-0.05, 0) is 31.0 Å². The predicted octanol–water partition coefficient (Wildman–Crippen LogP) is 0.761. The molecule has 0 radical (unpaired) electrons. The summed E-state index contributed by atoms with van der Waals surface area (Å²) in [6, 6.07) is 6.52. The van der Waals surface area contributed by atoms with Crippen molar-refractivity contribution in [1.29, 1.82) is 0 Å². The molecule has 0 bridgehead atoms. The lowest BCUT2D eigenvalue weighted by molar-refractivity contribution is 0.0977. The van der Waals surface area contributed by atoms with E-state index in [1.54, 1.807) is 24.3 Å². The van der Waals surface area contributed by atoms with E-state index in [2.05, 4.69) is 0 Å². The van der Waals surface area contributed by atoms with Crippen LogP contribution in [0.3, 0.4) is 0 Å². The first-order valence-corrected chi connectivity index (χ1v) is 7.87. The van der Waals surface area contributed by atoms with Crippen molar-refractivity contribution in [3.05, 3.63) is 24.3 Å². The molecule has 1 aliphatic heterocycles. The second-order valence-electron chi connectivity index (χ2n) is 5.03. The Hall–Kier alpha value is -1.11. The Morgan fingerprint density at radius 2 is 2.11 bits per heavy atom. The molecular weight excluding hydrogens is 268 g/mol. The summed E-state index contributed by atoms with van der Waals surface area (Å²) in [6.07, 6.45) is 0.306. The molecule has 5 nitrogen and oxygen atoms in total. The van der Waals surface area contributed by atoms with E-state index >= 15 is 0 Å². The maximum Gasteiger partial charge on any atom is 0.181 e. The highest BCUT2D eigenvalue weighted by molar-refractivity contribution is 7.92. The Balaban J connectivity index is 1.74. The fraction of sp³-hybridized carbons (Fsp3) is 0.538. The maximum atomic E-state index is 12.3. The van der Waals surface area contributed by atoms with Crippen molar-refractivity contribution < 1.29 is 23.0 Å². The van der Waals surface area contributed by atoms with Gasteiger partial charge < -0.3 is 14.6 Å². The zero-order valence-electron chi connectivity index (χ0n) is 10.4. The molecule has 1 saturated heterocycles. The molecular formula is C13H16O5S. The minimum atomic E-state index is -3.35. The highest BCUT2D eigenvalue weighted by Gasteiger charge is 2.38. The van der Waals surface area contributed by atoms with Crippen LogP contribution in [0.15, 0.2) is 29.2 Å². The van der Waals surface area contributed by atoms with Gasteiger partial charge in [0, 0.05) is 0 Å². The quantitative estimate of drug-likeness (QED) is 0.808. The van der Waals surface area contributed by atoms with Crippen LogP contribution in [0, 0.1) is 0 Å². The Bertz CT molecular complexity index is 558. The number of ether oxygens (including phenoxy) is 2. The van der Waals surface area contributed by atoms with Gasteiger partial charge in [0.2, 0.25) is 0 Å². The predicted molar refractivity (Wildman–Crippen MR) is 67.9 cm³/mol. The summed E-state index contributed by atoms with van der Waals surface area (Å²) in [5.74, 6) is 0.538. The second kappa shape index (κ2) is 4.77. The van der Waals surface area contributed by atoms with Crippen molar-refractivity contribution in [2.75, 3.05) is 13.2 Å². The van der Waals surface area contributed by atoms with E-state index in [4.69, 9.17) is 9.47 Å². The number of hydrogen-bond donors (Lipinski definition) is 1. The molecule has 2 fully saturated rings. The van der Waals surface area contributed by atoms with E-state index in [-0.39, 0.29) is 11.0 Å². The van der Waals surface area contributed by atoms with Crippen LogP contribution in [0.25, 0.3) is 0 Å². The molecule has 1 aliphatic carbocycles. The zero-order valence-corrected chi connectivity index (χ0v) is 11.2. The van der Waals surface area contributed by atoms with Crippen molar-refractivity contribution in [2.45, 2.75) is 35.2 Å². The van der Waals surface area contributed by atoms with E-state index in [9.17, 15) is 13.5 Å². The lowest BCUT2D eigenvalue weighted by Gasteiger charge is -2.30. The summed E-state index contributed by atoms with van der Waals surface area (Å²) in [4.78, 5) is 0.263. The summed E-state index contributed by atoms with van der Waals surface area (Å²) < 4.78 is 35.1. The van der Waals surface area contributed by atoms with Gasteiger partial charge in [-0.25, -0.2) is 8.42 Å². The first kappa shape index (κ1) is 12.9. The van der Waals surface area contributed by atoms with E-state index in [1.165, 1.54) is 0 Å². The topological polar surface area (TPSA) is 76.1 Å². The molecule has 1 saturated carbocycles. The van der Waals surface area contributed by atoms with Gasteiger partial charge in [-0.15, -0.1) is 0 Å². The van der Waals surface area contributed by atoms with Crippen LogP contribution in [0.4, 0.5) is 0 Å². The van der Waals surface area contributed by atoms with Crippen LogP contribution in [0.1, 0.15) is 12.8 Å². The molecule has 0 aromatic heterocycles. The molecule has 1 heterocycles. The largest absolute Gasteiger partial charge is 0.491 e. The fourth-order valence-corrected chi connectivity index (χ4v) is 3.96. The average Bonchev–Trinajstić information content (AvgIpc) is 3.17. The molecule has 104 valence electrons. The third kappa shape index (κ3) is 2.75. The smallest absolute Gasteiger partial charge is 0.181 e. The van der Waals surface area contributed by atoms with Crippen molar-refractivity contribution in [3.8, 4) is 5.75 Å². The molecule has 19 heavy (non-hydrogen) atoms. The minimum Gasteiger partial charge on any atom is -0.491 e. The number of aliphatic hydroxyl groups excluding tert-OH is 1. The monoisotopic (exact) mass is 284 g/mol. The molecule has 2 aliphatic rings. The number of benzene rings is 1. The van der Waals surface area contributed by atoms with Gasteiger partial charge in [0.1, 0.15) is 18.5 Å². The molecule has 0 spiro atoms. The Labute approximate surface area is 112 Å². The van der Waals surface area contributed by atoms with E-state index in [0.29, 0.717) is 31.8 Å². The summed E-state index contributed by atoms with van der Waals surface area (Å²) in [7, 11) is -3.35. The van der Waals surface area contributed by atoms with E-state index < -0.39 is 21.2 Å². The van der Waals surface area contributed by atoms with Gasteiger partial charge in [-0.1, -0.05) is 6.07 Å². The van der Waals surface area contributed by atoms with Crippen LogP contribution in [0.2, 0.25) is 0 Å². The molecule has 1 aromatic rings.